The highest BCUT2D eigenvalue weighted by Crippen LogP contribution is 2.29. The Morgan fingerprint density at radius 2 is 1.90 bits per heavy atom. The zero-order valence-electron chi connectivity index (χ0n) is 12.6. The summed E-state index contributed by atoms with van der Waals surface area (Å²) >= 11 is 0. The van der Waals surface area contributed by atoms with Gasteiger partial charge in [0, 0.05) is 12.5 Å². The Morgan fingerprint density at radius 3 is 2.50 bits per heavy atom. The largest absolute Gasteiger partial charge is 0.479 e. The lowest BCUT2D eigenvalue weighted by Crippen LogP contribution is -2.21. The van der Waals surface area contributed by atoms with Crippen LogP contribution in [0.3, 0.4) is 0 Å². The number of aryl methyl sites for hydroxylation is 1. The van der Waals surface area contributed by atoms with Gasteiger partial charge in [0.15, 0.2) is 5.82 Å². The molecule has 0 amide bonds. The smallest absolute Gasteiger partial charge is 0.242 e. The average Bonchev–Trinajstić information content (AvgIpc) is 2.71. The van der Waals surface area contributed by atoms with Crippen LogP contribution in [0.25, 0.3) is 0 Å². The van der Waals surface area contributed by atoms with Crippen LogP contribution >= 0.6 is 0 Å². The average molecular weight is 278 g/mol. The summed E-state index contributed by atoms with van der Waals surface area (Å²) in [5.41, 5.74) is 6.63. The molecule has 0 aliphatic heterocycles. The van der Waals surface area contributed by atoms with E-state index in [1.165, 1.54) is 38.5 Å². The van der Waals surface area contributed by atoms with Gasteiger partial charge in [-0.25, -0.2) is 4.98 Å². The number of anilines is 2. The number of rotatable bonds is 5. The first kappa shape index (κ1) is 14.9. The Kier molecular flexibility index (Phi) is 5.44. The highest BCUT2D eigenvalue weighted by atomic mass is 16.5. The Morgan fingerprint density at radius 1 is 1.20 bits per heavy atom. The second-order valence-electron chi connectivity index (χ2n) is 5.49. The highest BCUT2D eigenvalue weighted by Gasteiger charge is 2.17. The third-order valence-corrected chi connectivity index (χ3v) is 3.82. The predicted octanol–water partition coefficient (Wildman–Crippen LogP) is 3.15. The zero-order valence-corrected chi connectivity index (χ0v) is 12.6. The predicted molar refractivity (Wildman–Crippen MR) is 82.1 cm³/mol. The number of nitrogen functional groups attached to an aromatic ring is 1. The van der Waals surface area contributed by atoms with Crippen molar-refractivity contribution in [1.82, 2.24) is 9.97 Å². The number of aromatic nitrogens is 2. The molecule has 1 aliphatic carbocycles. The number of nitrogens with two attached hydrogens (primary N) is 1. The third-order valence-electron chi connectivity index (χ3n) is 3.82. The van der Waals surface area contributed by atoms with Crippen LogP contribution in [-0.2, 0) is 6.42 Å². The highest BCUT2D eigenvalue weighted by molar-refractivity contribution is 5.67. The lowest BCUT2D eigenvalue weighted by molar-refractivity contribution is 0.397. The molecule has 112 valence electrons. The minimum absolute atomic E-state index is 0.467. The molecule has 1 fully saturated rings. The van der Waals surface area contributed by atoms with Gasteiger partial charge in [-0.2, -0.15) is 4.98 Å². The van der Waals surface area contributed by atoms with Crippen LogP contribution in [0.4, 0.5) is 11.5 Å². The van der Waals surface area contributed by atoms with Gasteiger partial charge in [-0.1, -0.05) is 32.6 Å². The van der Waals surface area contributed by atoms with Crippen LogP contribution in [-0.4, -0.2) is 23.1 Å². The molecule has 0 unspecified atom stereocenters. The second kappa shape index (κ2) is 7.31. The molecule has 0 spiro atoms. The van der Waals surface area contributed by atoms with E-state index in [1.807, 2.05) is 0 Å². The normalized spacial score (nSPS) is 16.7. The van der Waals surface area contributed by atoms with Crippen molar-refractivity contribution < 1.29 is 4.74 Å². The van der Waals surface area contributed by atoms with E-state index in [1.54, 1.807) is 7.11 Å². The second-order valence-corrected chi connectivity index (χ2v) is 5.49. The first-order valence-electron chi connectivity index (χ1n) is 7.71. The number of nitrogens with zero attached hydrogens (tertiary/aromatic N) is 2. The number of methoxy groups -OCH3 is 1. The molecule has 0 saturated heterocycles. The van der Waals surface area contributed by atoms with Gasteiger partial charge in [0.2, 0.25) is 5.88 Å². The van der Waals surface area contributed by atoms with Crippen LogP contribution < -0.4 is 15.8 Å². The SMILES string of the molecule is CCCc1nc(NC2CCCCCC2)c(N)c(OC)n1. The number of hydrogen-bond acceptors (Lipinski definition) is 5. The molecule has 20 heavy (non-hydrogen) atoms. The maximum absolute atomic E-state index is 6.10. The number of hydrogen-bond donors (Lipinski definition) is 2. The van der Waals surface area contributed by atoms with Crippen molar-refractivity contribution >= 4 is 11.5 Å². The molecular weight excluding hydrogens is 252 g/mol. The zero-order chi connectivity index (χ0) is 14.4. The van der Waals surface area contributed by atoms with E-state index in [2.05, 4.69) is 22.2 Å². The maximum atomic E-state index is 6.10. The number of ether oxygens (including phenoxy) is 1. The monoisotopic (exact) mass is 278 g/mol. The molecule has 1 aromatic heterocycles. The van der Waals surface area contributed by atoms with Gasteiger partial charge in [-0.3, -0.25) is 0 Å². The summed E-state index contributed by atoms with van der Waals surface area (Å²) in [5, 5.41) is 3.51. The van der Waals surface area contributed by atoms with Gasteiger partial charge in [0.1, 0.15) is 11.5 Å². The molecule has 3 N–H and O–H groups in total. The van der Waals surface area contributed by atoms with E-state index in [0.717, 1.165) is 24.5 Å². The summed E-state index contributed by atoms with van der Waals surface area (Å²) in [5.74, 6) is 2.03. The standard InChI is InChI=1S/C15H26N4O/c1-3-8-12-18-14(13(16)15(19-12)20-2)17-11-9-6-4-5-7-10-11/h11H,3-10,16H2,1-2H3,(H,17,18,19). The maximum Gasteiger partial charge on any atom is 0.242 e. The summed E-state index contributed by atoms with van der Waals surface area (Å²) in [7, 11) is 1.60. The summed E-state index contributed by atoms with van der Waals surface area (Å²) in [4.78, 5) is 8.92. The van der Waals surface area contributed by atoms with Crippen molar-refractivity contribution in [2.75, 3.05) is 18.2 Å². The van der Waals surface area contributed by atoms with Crippen molar-refractivity contribution in [3.63, 3.8) is 0 Å². The van der Waals surface area contributed by atoms with Gasteiger partial charge < -0.3 is 15.8 Å². The molecule has 1 aliphatic rings. The van der Waals surface area contributed by atoms with Crippen LogP contribution in [0, 0.1) is 0 Å². The van der Waals surface area contributed by atoms with Gasteiger partial charge in [0.05, 0.1) is 7.11 Å². The Bertz CT molecular complexity index is 428. The molecule has 0 atom stereocenters. The first-order chi connectivity index (χ1) is 9.74. The lowest BCUT2D eigenvalue weighted by Gasteiger charge is -2.19. The molecule has 0 radical (unpaired) electrons. The summed E-state index contributed by atoms with van der Waals surface area (Å²) in [6.07, 6.45) is 9.46. The van der Waals surface area contributed by atoms with Crippen molar-refractivity contribution in [2.24, 2.45) is 0 Å². The van der Waals surface area contributed by atoms with Crippen molar-refractivity contribution in [1.29, 1.82) is 0 Å². The fraction of sp³-hybridized carbons (Fsp3) is 0.733. The summed E-state index contributed by atoms with van der Waals surface area (Å²) in [6.45, 7) is 2.12. The van der Waals surface area contributed by atoms with E-state index in [0.29, 0.717) is 17.6 Å². The van der Waals surface area contributed by atoms with Crippen LogP contribution in [0.5, 0.6) is 5.88 Å². The van der Waals surface area contributed by atoms with Gasteiger partial charge in [-0.15, -0.1) is 0 Å². The topological polar surface area (TPSA) is 73.1 Å². The molecular formula is C15H26N4O. The molecule has 1 heterocycles. The van der Waals surface area contributed by atoms with E-state index >= 15 is 0 Å². The molecule has 2 rings (SSSR count). The van der Waals surface area contributed by atoms with E-state index in [4.69, 9.17) is 10.5 Å². The summed E-state index contributed by atoms with van der Waals surface area (Å²) in [6, 6.07) is 0.467. The fourth-order valence-corrected chi connectivity index (χ4v) is 2.71. The van der Waals surface area contributed by atoms with Crippen molar-refractivity contribution in [3.8, 4) is 5.88 Å². The Hall–Kier alpha value is -1.52. The molecule has 5 nitrogen and oxygen atoms in total. The number of nitrogens with one attached hydrogen (secondary N) is 1. The van der Waals surface area contributed by atoms with Crippen molar-refractivity contribution in [2.45, 2.75) is 64.3 Å². The van der Waals surface area contributed by atoms with Gasteiger partial charge in [-0.05, 0) is 19.3 Å². The van der Waals surface area contributed by atoms with Crippen LogP contribution in [0.15, 0.2) is 0 Å². The Labute approximate surface area is 121 Å². The first-order valence-corrected chi connectivity index (χ1v) is 7.71. The van der Waals surface area contributed by atoms with Crippen LogP contribution in [0.1, 0.15) is 57.7 Å². The fourth-order valence-electron chi connectivity index (χ4n) is 2.71. The molecule has 1 saturated carbocycles. The van der Waals surface area contributed by atoms with Gasteiger partial charge >= 0.3 is 0 Å². The Balaban J connectivity index is 2.17. The molecule has 0 bridgehead atoms. The van der Waals surface area contributed by atoms with E-state index in [9.17, 15) is 0 Å². The van der Waals surface area contributed by atoms with E-state index in [-0.39, 0.29) is 0 Å². The van der Waals surface area contributed by atoms with E-state index < -0.39 is 0 Å². The molecule has 5 heteroatoms. The van der Waals surface area contributed by atoms with Crippen LogP contribution in [0.2, 0.25) is 0 Å². The molecule has 1 aromatic rings. The third kappa shape index (κ3) is 3.74. The quantitative estimate of drug-likeness (QED) is 0.809. The summed E-state index contributed by atoms with van der Waals surface area (Å²) < 4.78 is 5.27. The van der Waals surface area contributed by atoms with Gasteiger partial charge in [0.25, 0.3) is 0 Å². The molecule has 0 aromatic carbocycles. The van der Waals surface area contributed by atoms with Crippen molar-refractivity contribution in [3.05, 3.63) is 5.82 Å². The minimum Gasteiger partial charge on any atom is -0.479 e. The lowest BCUT2D eigenvalue weighted by atomic mass is 10.1. The minimum atomic E-state index is 0.467.